The number of aromatic nitrogens is 6. The minimum atomic E-state index is 0.0289. The highest BCUT2D eigenvalue weighted by atomic mass is 16.5. The van der Waals surface area contributed by atoms with Crippen LogP contribution in [0.1, 0.15) is 25.5 Å². The second-order valence-electron chi connectivity index (χ2n) is 6.66. The lowest BCUT2D eigenvalue weighted by Crippen LogP contribution is -2.18. The largest absolute Gasteiger partial charge is 0.357 e. The summed E-state index contributed by atoms with van der Waals surface area (Å²) in [5.74, 6) is 0.750. The molecule has 7 heteroatoms. The molecule has 1 unspecified atom stereocenters. The number of benzene rings is 1. The van der Waals surface area contributed by atoms with Crippen LogP contribution in [0.4, 0.5) is 0 Å². The molecular formula is C19H20N6O. The van der Waals surface area contributed by atoms with E-state index in [1.807, 2.05) is 10.9 Å². The molecule has 0 spiro atoms. The minimum Gasteiger partial charge on any atom is -0.357 e. The maximum absolute atomic E-state index is 5.88. The third kappa shape index (κ3) is 2.35. The maximum Gasteiger partial charge on any atom is 0.172 e. The minimum absolute atomic E-state index is 0.0289. The molecule has 0 amide bonds. The summed E-state index contributed by atoms with van der Waals surface area (Å²) >= 11 is 0. The molecular weight excluding hydrogens is 328 g/mol. The van der Waals surface area contributed by atoms with Crippen molar-refractivity contribution in [2.24, 2.45) is 7.05 Å². The monoisotopic (exact) mass is 348 g/mol. The van der Waals surface area contributed by atoms with Gasteiger partial charge in [-0.3, -0.25) is 5.10 Å². The molecule has 5 rings (SSSR count). The van der Waals surface area contributed by atoms with Crippen molar-refractivity contribution in [2.75, 3.05) is 6.61 Å². The molecule has 1 N–H and O–H groups in total. The van der Waals surface area contributed by atoms with Crippen LogP contribution in [-0.4, -0.2) is 36.1 Å². The Balaban J connectivity index is 1.69. The second-order valence-corrected chi connectivity index (χ2v) is 6.66. The standard InChI is InChI=1S/C19H20N6O/c1-24-15-7-3-2-6-14(15)17(18(24)19-20-12-21-23-19)13-10-22-25(11-13)16-8-4-5-9-26-16/h2-3,6-7,10-12,16H,4-5,8-9H2,1H3,(H,20,21,23). The Morgan fingerprint density at radius 3 is 2.96 bits per heavy atom. The first kappa shape index (κ1) is 15.3. The predicted octanol–water partition coefficient (Wildman–Crippen LogP) is 3.53. The van der Waals surface area contributed by atoms with Crippen LogP contribution in [-0.2, 0) is 11.8 Å². The summed E-state index contributed by atoms with van der Waals surface area (Å²) in [6.45, 7) is 0.803. The number of aromatic amines is 1. The fraction of sp³-hybridized carbons (Fsp3) is 0.316. The van der Waals surface area contributed by atoms with Crippen molar-refractivity contribution < 1.29 is 4.74 Å². The van der Waals surface area contributed by atoms with E-state index >= 15 is 0 Å². The molecule has 132 valence electrons. The first-order chi connectivity index (χ1) is 12.8. The number of fused-ring (bicyclic) bond motifs is 1. The number of rotatable bonds is 3. The van der Waals surface area contributed by atoms with E-state index in [-0.39, 0.29) is 6.23 Å². The second kappa shape index (κ2) is 6.10. The van der Waals surface area contributed by atoms with Crippen LogP contribution in [0.25, 0.3) is 33.5 Å². The topological polar surface area (TPSA) is 73.5 Å². The van der Waals surface area contributed by atoms with Crippen molar-refractivity contribution >= 4 is 10.9 Å². The fourth-order valence-electron chi connectivity index (χ4n) is 3.84. The van der Waals surface area contributed by atoms with E-state index in [0.717, 1.165) is 47.6 Å². The quantitative estimate of drug-likeness (QED) is 0.615. The van der Waals surface area contributed by atoms with Gasteiger partial charge >= 0.3 is 0 Å². The highest BCUT2D eigenvalue weighted by Gasteiger charge is 2.23. The lowest BCUT2D eigenvalue weighted by molar-refractivity contribution is -0.0394. The molecule has 1 atom stereocenters. The van der Waals surface area contributed by atoms with Crippen LogP contribution in [0.3, 0.4) is 0 Å². The third-order valence-electron chi connectivity index (χ3n) is 5.09. The zero-order valence-electron chi connectivity index (χ0n) is 14.6. The molecule has 0 aliphatic carbocycles. The highest BCUT2D eigenvalue weighted by Crippen LogP contribution is 2.39. The molecule has 0 radical (unpaired) electrons. The Hall–Kier alpha value is -2.93. The Labute approximate surface area is 150 Å². The molecule has 1 aliphatic heterocycles. The van der Waals surface area contributed by atoms with Crippen LogP contribution in [0.2, 0.25) is 0 Å². The van der Waals surface area contributed by atoms with Gasteiger partial charge in [-0.15, -0.1) is 0 Å². The van der Waals surface area contributed by atoms with Crippen molar-refractivity contribution in [1.82, 2.24) is 29.5 Å². The van der Waals surface area contributed by atoms with Crippen LogP contribution < -0.4 is 0 Å². The number of hydrogen-bond donors (Lipinski definition) is 1. The Morgan fingerprint density at radius 2 is 2.15 bits per heavy atom. The smallest absolute Gasteiger partial charge is 0.172 e. The van der Waals surface area contributed by atoms with Gasteiger partial charge in [-0.1, -0.05) is 18.2 Å². The average molecular weight is 348 g/mol. The van der Waals surface area contributed by atoms with Gasteiger partial charge in [0, 0.05) is 41.9 Å². The van der Waals surface area contributed by atoms with Crippen molar-refractivity contribution in [3.8, 4) is 22.6 Å². The number of nitrogens with one attached hydrogen (secondary N) is 1. The number of H-pyrrole nitrogens is 1. The first-order valence-electron chi connectivity index (χ1n) is 8.92. The van der Waals surface area contributed by atoms with Gasteiger partial charge in [0.05, 0.1) is 11.9 Å². The van der Waals surface area contributed by atoms with Gasteiger partial charge in [-0.05, 0) is 25.3 Å². The van der Waals surface area contributed by atoms with E-state index in [9.17, 15) is 0 Å². The van der Waals surface area contributed by atoms with Gasteiger partial charge in [-0.25, -0.2) is 9.67 Å². The summed E-state index contributed by atoms with van der Waals surface area (Å²) in [7, 11) is 2.05. The van der Waals surface area contributed by atoms with Crippen LogP contribution >= 0.6 is 0 Å². The molecule has 3 aromatic heterocycles. The van der Waals surface area contributed by atoms with Gasteiger partial charge < -0.3 is 9.30 Å². The lowest BCUT2D eigenvalue weighted by Gasteiger charge is -2.22. The van der Waals surface area contributed by atoms with Crippen LogP contribution in [0, 0.1) is 0 Å². The van der Waals surface area contributed by atoms with Crippen LogP contribution in [0.5, 0.6) is 0 Å². The molecule has 1 saturated heterocycles. The van der Waals surface area contributed by atoms with Crippen molar-refractivity contribution in [3.63, 3.8) is 0 Å². The Kier molecular flexibility index (Phi) is 3.60. The summed E-state index contributed by atoms with van der Waals surface area (Å²) in [5.41, 5.74) is 4.33. The molecule has 0 bridgehead atoms. The maximum atomic E-state index is 5.88. The summed E-state index contributed by atoms with van der Waals surface area (Å²) in [4.78, 5) is 4.39. The third-order valence-corrected chi connectivity index (χ3v) is 5.09. The molecule has 0 saturated carbocycles. The van der Waals surface area contributed by atoms with Gasteiger partial charge in [0.2, 0.25) is 0 Å². The van der Waals surface area contributed by atoms with Crippen molar-refractivity contribution in [2.45, 2.75) is 25.5 Å². The van der Waals surface area contributed by atoms with Gasteiger partial charge in [0.1, 0.15) is 12.6 Å². The highest BCUT2D eigenvalue weighted by molar-refractivity contribution is 6.03. The van der Waals surface area contributed by atoms with Crippen molar-refractivity contribution in [1.29, 1.82) is 0 Å². The summed E-state index contributed by atoms with van der Waals surface area (Å²) < 4.78 is 9.97. The van der Waals surface area contributed by atoms with E-state index in [2.05, 4.69) is 62.4 Å². The summed E-state index contributed by atoms with van der Waals surface area (Å²) in [5, 5.41) is 12.8. The first-order valence-corrected chi connectivity index (χ1v) is 8.92. The van der Waals surface area contributed by atoms with E-state index in [1.165, 1.54) is 18.1 Å². The van der Waals surface area contributed by atoms with Gasteiger partial charge in [0.25, 0.3) is 0 Å². The average Bonchev–Trinajstić information content (AvgIpc) is 3.42. The molecule has 26 heavy (non-hydrogen) atoms. The molecule has 4 aromatic rings. The molecule has 1 fully saturated rings. The molecule has 1 aromatic carbocycles. The van der Waals surface area contributed by atoms with E-state index in [1.54, 1.807) is 0 Å². The Morgan fingerprint density at radius 1 is 1.23 bits per heavy atom. The number of nitrogens with zero attached hydrogens (tertiary/aromatic N) is 5. The molecule has 4 heterocycles. The zero-order valence-corrected chi connectivity index (χ0v) is 14.6. The number of ether oxygens (including phenoxy) is 1. The summed E-state index contributed by atoms with van der Waals surface area (Å²) in [6, 6.07) is 8.37. The lowest BCUT2D eigenvalue weighted by atomic mass is 10.0. The Bertz CT molecular complexity index is 1040. The molecule has 1 aliphatic rings. The fourth-order valence-corrected chi connectivity index (χ4v) is 3.84. The number of para-hydroxylation sites is 1. The van der Waals surface area contributed by atoms with E-state index in [4.69, 9.17) is 4.74 Å². The zero-order chi connectivity index (χ0) is 17.5. The van der Waals surface area contributed by atoms with Gasteiger partial charge in [0.15, 0.2) is 5.82 Å². The van der Waals surface area contributed by atoms with Gasteiger partial charge in [-0.2, -0.15) is 10.2 Å². The van der Waals surface area contributed by atoms with E-state index in [0.29, 0.717) is 0 Å². The SMILES string of the molecule is Cn1c(-c2ncn[nH]2)c(-c2cnn(C3CCCCO3)c2)c2ccccc21. The van der Waals surface area contributed by atoms with Crippen LogP contribution in [0.15, 0.2) is 43.0 Å². The number of aryl methyl sites for hydroxylation is 1. The number of hydrogen-bond acceptors (Lipinski definition) is 4. The molecule has 7 nitrogen and oxygen atoms in total. The predicted molar refractivity (Wildman–Crippen MR) is 98.4 cm³/mol. The summed E-state index contributed by atoms with van der Waals surface area (Å²) in [6.07, 6.45) is 8.88. The van der Waals surface area contributed by atoms with E-state index < -0.39 is 0 Å². The van der Waals surface area contributed by atoms with Crippen molar-refractivity contribution in [3.05, 3.63) is 43.0 Å². The normalized spacial score (nSPS) is 17.8.